The molecule has 0 aromatic heterocycles. The summed E-state index contributed by atoms with van der Waals surface area (Å²) in [5.41, 5.74) is 2.62. The molecular weight excluding hydrogens is 334 g/mol. The zero-order valence-corrected chi connectivity index (χ0v) is 15.0. The summed E-state index contributed by atoms with van der Waals surface area (Å²) in [6, 6.07) is 29.0. The molecule has 134 valence electrons. The summed E-state index contributed by atoms with van der Waals surface area (Å²) in [5, 5.41) is 8.96. The molecule has 0 amide bonds. The molecule has 0 bridgehead atoms. The van der Waals surface area contributed by atoms with Crippen molar-refractivity contribution in [3.05, 3.63) is 102 Å². The second-order valence-corrected chi connectivity index (χ2v) is 6.33. The number of carbonyl (C=O) groups is 1. The zero-order valence-electron chi connectivity index (χ0n) is 15.0. The van der Waals surface area contributed by atoms with Gasteiger partial charge in [-0.1, -0.05) is 72.8 Å². The van der Waals surface area contributed by atoms with E-state index < -0.39 is 0 Å². The number of ether oxygens (including phenoxy) is 1. The Labute approximate surface area is 159 Å². The third kappa shape index (κ3) is 5.05. The lowest BCUT2D eigenvalue weighted by molar-refractivity contribution is 0.0955. The highest BCUT2D eigenvalue weighted by molar-refractivity contribution is 6.01. The van der Waals surface area contributed by atoms with Crippen molar-refractivity contribution in [3.8, 4) is 11.8 Å². The van der Waals surface area contributed by atoms with Crippen molar-refractivity contribution in [1.82, 2.24) is 0 Å². The molecule has 3 aromatic carbocycles. The smallest absolute Gasteiger partial charge is 0.170 e. The molecule has 0 spiro atoms. The third-order valence-electron chi connectivity index (χ3n) is 4.43. The second-order valence-electron chi connectivity index (χ2n) is 6.33. The van der Waals surface area contributed by atoms with E-state index in [9.17, 15) is 4.79 Å². The van der Waals surface area contributed by atoms with E-state index in [2.05, 4.69) is 6.07 Å². The molecule has 0 fully saturated rings. The first-order valence-electron chi connectivity index (χ1n) is 9.01. The average Bonchev–Trinajstić information content (AvgIpc) is 2.74. The number of carbonyl (C=O) groups excluding carboxylic acids is 1. The summed E-state index contributed by atoms with van der Waals surface area (Å²) >= 11 is 0. The number of nitrogens with zero attached hydrogens (tertiary/aromatic N) is 1. The van der Waals surface area contributed by atoms with E-state index in [-0.39, 0.29) is 11.7 Å². The summed E-state index contributed by atoms with van der Waals surface area (Å²) in [6.45, 7) is 0.453. The fourth-order valence-corrected chi connectivity index (χ4v) is 3.02. The van der Waals surface area contributed by atoms with Crippen LogP contribution in [0.25, 0.3) is 0 Å². The quantitative estimate of drug-likeness (QED) is 0.499. The van der Waals surface area contributed by atoms with Gasteiger partial charge in [0.15, 0.2) is 5.78 Å². The van der Waals surface area contributed by atoms with E-state index in [4.69, 9.17) is 10.00 Å². The Kier molecular flexibility index (Phi) is 6.38. The molecule has 3 aromatic rings. The SMILES string of the molecule is N#CCCC(C(=O)c1cccc(OCc2ccccc2)c1)c1ccccc1. The van der Waals surface area contributed by atoms with Crippen molar-refractivity contribution < 1.29 is 9.53 Å². The Bertz CT molecular complexity index is 914. The molecule has 0 saturated heterocycles. The van der Waals surface area contributed by atoms with Crippen LogP contribution < -0.4 is 4.74 Å². The number of hydrogen-bond donors (Lipinski definition) is 0. The Morgan fingerprint density at radius 1 is 0.926 bits per heavy atom. The van der Waals surface area contributed by atoms with Crippen molar-refractivity contribution >= 4 is 5.78 Å². The van der Waals surface area contributed by atoms with Gasteiger partial charge in [0.05, 0.1) is 6.07 Å². The number of Topliss-reactive ketones (excluding diaryl/α,β-unsaturated/α-hetero) is 1. The molecular formula is C24H21NO2. The molecule has 1 unspecified atom stereocenters. The van der Waals surface area contributed by atoms with Crippen molar-refractivity contribution in [2.45, 2.75) is 25.4 Å². The third-order valence-corrected chi connectivity index (χ3v) is 4.43. The topological polar surface area (TPSA) is 50.1 Å². The van der Waals surface area contributed by atoms with Gasteiger partial charge in [-0.15, -0.1) is 0 Å². The molecule has 0 aliphatic heterocycles. The molecule has 0 heterocycles. The van der Waals surface area contributed by atoms with Gasteiger partial charge in [-0.2, -0.15) is 5.26 Å². The van der Waals surface area contributed by atoms with Gasteiger partial charge in [-0.05, 0) is 29.7 Å². The molecule has 3 heteroatoms. The molecule has 0 saturated carbocycles. The minimum atomic E-state index is -0.324. The molecule has 0 N–H and O–H groups in total. The Morgan fingerprint density at radius 2 is 1.63 bits per heavy atom. The van der Waals surface area contributed by atoms with Crippen molar-refractivity contribution in [1.29, 1.82) is 5.26 Å². The minimum absolute atomic E-state index is 0.0154. The maximum absolute atomic E-state index is 13.1. The monoisotopic (exact) mass is 355 g/mol. The predicted octanol–water partition coefficient (Wildman–Crippen LogP) is 5.54. The summed E-state index contributed by atoms with van der Waals surface area (Å²) in [5.74, 6) is 0.355. The van der Waals surface area contributed by atoms with Gasteiger partial charge in [0.2, 0.25) is 0 Å². The van der Waals surface area contributed by atoms with Gasteiger partial charge < -0.3 is 4.74 Å². The van der Waals surface area contributed by atoms with Gasteiger partial charge >= 0.3 is 0 Å². The van der Waals surface area contributed by atoms with Crippen LogP contribution in [0, 0.1) is 11.3 Å². The van der Waals surface area contributed by atoms with Crippen LogP contribution in [0.15, 0.2) is 84.9 Å². The number of hydrogen-bond acceptors (Lipinski definition) is 3. The van der Waals surface area contributed by atoms with E-state index in [0.29, 0.717) is 30.8 Å². The van der Waals surface area contributed by atoms with E-state index in [1.54, 1.807) is 12.1 Å². The highest BCUT2D eigenvalue weighted by Gasteiger charge is 2.22. The second kappa shape index (κ2) is 9.35. The largest absolute Gasteiger partial charge is 0.489 e. The highest BCUT2D eigenvalue weighted by atomic mass is 16.5. The molecule has 27 heavy (non-hydrogen) atoms. The van der Waals surface area contributed by atoms with Crippen LogP contribution >= 0.6 is 0 Å². The van der Waals surface area contributed by atoms with Gasteiger partial charge in [0.25, 0.3) is 0 Å². The zero-order chi connectivity index (χ0) is 18.9. The normalized spacial score (nSPS) is 11.4. The molecule has 3 rings (SSSR count). The average molecular weight is 355 g/mol. The van der Waals surface area contributed by atoms with Gasteiger partial charge in [0.1, 0.15) is 12.4 Å². The summed E-state index contributed by atoms with van der Waals surface area (Å²) in [4.78, 5) is 13.1. The van der Waals surface area contributed by atoms with Gasteiger partial charge in [0, 0.05) is 17.9 Å². The first-order chi connectivity index (χ1) is 13.3. The van der Waals surface area contributed by atoms with Crippen molar-refractivity contribution in [3.63, 3.8) is 0 Å². The lowest BCUT2D eigenvalue weighted by atomic mass is 9.87. The Balaban J connectivity index is 1.77. The van der Waals surface area contributed by atoms with Crippen LogP contribution in [-0.2, 0) is 6.61 Å². The first kappa shape index (κ1) is 18.4. The van der Waals surface area contributed by atoms with Crippen LogP contribution in [0.1, 0.15) is 40.2 Å². The van der Waals surface area contributed by atoms with Crippen molar-refractivity contribution in [2.24, 2.45) is 0 Å². The van der Waals surface area contributed by atoms with E-state index in [0.717, 1.165) is 11.1 Å². The minimum Gasteiger partial charge on any atom is -0.489 e. The molecule has 3 nitrogen and oxygen atoms in total. The lowest BCUT2D eigenvalue weighted by Crippen LogP contribution is -2.13. The molecule has 0 radical (unpaired) electrons. The number of rotatable bonds is 8. The Hall–Kier alpha value is -3.38. The van der Waals surface area contributed by atoms with E-state index in [1.807, 2.05) is 72.8 Å². The van der Waals surface area contributed by atoms with Crippen LogP contribution in [-0.4, -0.2) is 5.78 Å². The summed E-state index contributed by atoms with van der Waals surface area (Å²) in [6.07, 6.45) is 0.851. The maximum Gasteiger partial charge on any atom is 0.170 e. The number of ketones is 1. The first-order valence-corrected chi connectivity index (χ1v) is 9.01. The van der Waals surface area contributed by atoms with E-state index in [1.165, 1.54) is 0 Å². The van der Waals surface area contributed by atoms with Crippen LogP contribution in [0.3, 0.4) is 0 Å². The summed E-state index contributed by atoms with van der Waals surface area (Å²) < 4.78 is 5.84. The van der Waals surface area contributed by atoms with Crippen LogP contribution in [0.5, 0.6) is 5.75 Å². The number of benzene rings is 3. The maximum atomic E-state index is 13.1. The lowest BCUT2D eigenvalue weighted by Gasteiger charge is -2.16. The molecule has 0 aliphatic rings. The molecule has 0 aliphatic carbocycles. The fraction of sp³-hybridized carbons (Fsp3) is 0.167. The van der Waals surface area contributed by atoms with Gasteiger partial charge in [-0.3, -0.25) is 4.79 Å². The molecule has 1 atom stereocenters. The van der Waals surface area contributed by atoms with E-state index >= 15 is 0 Å². The number of nitriles is 1. The summed E-state index contributed by atoms with van der Waals surface area (Å²) in [7, 11) is 0. The van der Waals surface area contributed by atoms with Crippen LogP contribution in [0.2, 0.25) is 0 Å². The highest BCUT2D eigenvalue weighted by Crippen LogP contribution is 2.27. The van der Waals surface area contributed by atoms with Crippen LogP contribution in [0.4, 0.5) is 0 Å². The predicted molar refractivity (Wildman–Crippen MR) is 106 cm³/mol. The standard InChI is InChI=1S/C24H21NO2/c25-16-8-15-23(20-11-5-2-6-12-20)24(26)21-13-7-14-22(17-21)27-18-19-9-3-1-4-10-19/h1-7,9-14,17,23H,8,15,18H2. The van der Waals surface area contributed by atoms with Gasteiger partial charge in [-0.25, -0.2) is 0 Å². The fourth-order valence-electron chi connectivity index (χ4n) is 3.02. The Morgan fingerprint density at radius 3 is 2.33 bits per heavy atom. The van der Waals surface area contributed by atoms with Crippen molar-refractivity contribution in [2.75, 3.05) is 0 Å².